The van der Waals surface area contributed by atoms with E-state index in [4.69, 9.17) is 37.4 Å². The number of fused-ring (bicyclic) bond motifs is 1. The number of alkyl halides is 3. The molecule has 0 aliphatic heterocycles. The van der Waals surface area contributed by atoms with Crippen molar-refractivity contribution in [3.8, 4) is 22.8 Å². The Kier molecular flexibility index (Phi) is 9.46. The van der Waals surface area contributed by atoms with Crippen LogP contribution in [0.25, 0.3) is 22.0 Å². The van der Waals surface area contributed by atoms with Gasteiger partial charge in [-0.25, -0.2) is 4.98 Å². The summed E-state index contributed by atoms with van der Waals surface area (Å²) in [6.07, 6.45) is -2.85. The Labute approximate surface area is 217 Å². The van der Waals surface area contributed by atoms with Crippen molar-refractivity contribution in [1.82, 2.24) is 15.3 Å². The molecule has 0 aliphatic rings. The average molecular weight is 547 g/mol. The SMILES string of the molecule is CCOCCNCc1cc2c(N(C)CC(F)(F)F)nc(-c3c(Cl)c(OC)cc(OC)c3Cl)cc2cn1. The van der Waals surface area contributed by atoms with E-state index < -0.39 is 12.7 Å². The van der Waals surface area contributed by atoms with Gasteiger partial charge in [0.25, 0.3) is 0 Å². The summed E-state index contributed by atoms with van der Waals surface area (Å²) in [6, 6.07) is 4.92. The molecule has 0 amide bonds. The first-order chi connectivity index (χ1) is 17.1. The number of rotatable bonds is 11. The highest BCUT2D eigenvalue weighted by molar-refractivity contribution is 6.41. The molecule has 7 nitrogen and oxygen atoms in total. The van der Waals surface area contributed by atoms with Gasteiger partial charge in [-0.15, -0.1) is 0 Å². The third-order valence-electron chi connectivity index (χ3n) is 5.29. The van der Waals surface area contributed by atoms with Gasteiger partial charge in [-0.2, -0.15) is 13.2 Å². The van der Waals surface area contributed by atoms with E-state index in [0.29, 0.717) is 42.8 Å². The highest BCUT2D eigenvalue weighted by Gasteiger charge is 2.31. The number of hydrogen-bond acceptors (Lipinski definition) is 7. The Balaban J connectivity index is 2.15. The van der Waals surface area contributed by atoms with E-state index in [1.807, 2.05) is 6.92 Å². The van der Waals surface area contributed by atoms with Crippen LogP contribution in [0.1, 0.15) is 12.6 Å². The van der Waals surface area contributed by atoms with Gasteiger partial charge in [0.05, 0.1) is 42.3 Å². The van der Waals surface area contributed by atoms with E-state index >= 15 is 0 Å². The van der Waals surface area contributed by atoms with E-state index in [2.05, 4.69) is 15.3 Å². The molecule has 36 heavy (non-hydrogen) atoms. The summed E-state index contributed by atoms with van der Waals surface area (Å²) in [4.78, 5) is 10.1. The molecule has 196 valence electrons. The molecule has 0 atom stereocenters. The number of aromatic nitrogens is 2. The van der Waals surface area contributed by atoms with Gasteiger partial charge in [0.1, 0.15) is 23.9 Å². The van der Waals surface area contributed by atoms with Gasteiger partial charge >= 0.3 is 6.18 Å². The Bertz CT molecular complexity index is 1180. The number of ether oxygens (including phenoxy) is 3. The minimum absolute atomic E-state index is 0.103. The van der Waals surface area contributed by atoms with Crippen molar-refractivity contribution in [3.63, 3.8) is 0 Å². The summed E-state index contributed by atoms with van der Waals surface area (Å²) in [7, 11) is 4.19. The number of nitrogens with one attached hydrogen (secondary N) is 1. The van der Waals surface area contributed by atoms with Crippen LogP contribution in [-0.4, -0.2) is 63.7 Å². The number of benzene rings is 1. The Morgan fingerprint density at radius 2 is 1.72 bits per heavy atom. The Hall–Kier alpha value is -2.53. The van der Waals surface area contributed by atoms with Crippen LogP contribution in [0.4, 0.5) is 19.0 Å². The Morgan fingerprint density at radius 3 is 2.31 bits per heavy atom. The zero-order valence-electron chi connectivity index (χ0n) is 20.3. The van der Waals surface area contributed by atoms with Crippen LogP contribution in [-0.2, 0) is 11.3 Å². The maximum absolute atomic E-state index is 13.3. The van der Waals surface area contributed by atoms with Crippen molar-refractivity contribution >= 4 is 39.8 Å². The first-order valence-corrected chi connectivity index (χ1v) is 11.8. The lowest BCUT2D eigenvalue weighted by molar-refractivity contribution is -0.119. The summed E-state index contributed by atoms with van der Waals surface area (Å²) in [5, 5.41) is 4.58. The number of nitrogens with zero attached hydrogens (tertiary/aromatic N) is 3. The quantitative estimate of drug-likeness (QED) is 0.307. The molecule has 3 aromatic rings. The maximum atomic E-state index is 13.3. The van der Waals surface area contributed by atoms with Crippen LogP contribution in [0.2, 0.25) is 10.0 Å². The molecule has 2 heterocycles. The fourth-order valence-corrected chi connectivity index (χ4v) is 4.34. The zero-order chi connectivity index (χ0) is 26.5. The van der Waals surface area contributed by atoms with Crippen molar-refractivity contribution in [2.75, 3.05) is 52.5 Å². The number of anilines is 1. The van der Waals surface area contributed by atoms with E-state index in [1.54, 1.807) is 18.3 Å². The molecule has 0 bridgehead atoms. The van der Waals surface area contributed by atoms with Gasteiger partial charge in [-0.1, -0.05) is 23.2 Å². The number of methoxy groups -OCH3 is 2. The van der Waals surface area contributed by atoms with E-state index in [-0.39, 0.29) is 38.6 Å². The van der Waals surface area contributed by atoms with Crippen molar-refractivity contribution < 1.29 is 27.4 Å². The molecule has 0 spiro atoms. The van der Waals surface area contributed by atoms with Crippen LogP contribution in [0.15, 0.2) is 24.4 Å². The normalized spacial score (nSPS) is 11.7. The smallest absolute Gasteiger partial charge is 0.405 e. The van der Waals surface area contributed by atoms with Gasteiger partial charge in [-0.3, -0.25) is 4.98 Å². The number of pyridine rings is 2. The summed E-state index contributed by atoms with van der Waals surface area (Å²) < 4.78 is 55.9. The molecule has 2 aromatic heterocycles. The zero-order valence-corrected chi connectivity index (χ0v) is 21.8. The third-order valence-corrected chi connectivity index (χ3v) is 6.04. The van der Waals surface area contributed by atoms with Crippen LogP contribution < -0.4 is 19.7 Å². The molecular weight excluding hydrogens is 520 g/mol. The largest absolute Gasteiger partial charge is 0.495 e. The second-order valence-electron chi connectivity index (χ2n) is 7.86. The van der Waals surface area contributed by atoms with Gasteiger partial charge in [0.2, 0.25) is 0 Å². The minimum atomic E-state index is -4.44. The van der Waals surface area contributed by atoms with Crippen molar-refractivity contribution in [1.29, 1.82) is 0 Å². The van der Waals surface area contributed by atoms with Crippen molar-refractivity contribution in [2.45, 2.75) is 19.6 Å². The van der Waals surface area contributed by atoms with E-state index in [9.17, 15) is 13.2 Å². The van der Waals surface area contributed by atoms with Gasteiger partial charge in [-0.05, 0) is 19.1 Å². The maximum Gasteiger partial charge on any atom is 0.405 e. The molecule has 1 N–H and O–H groups in total. The summed E-state index contributed by atoms with van der Waals surface area (Å²) in [5.41, 5.74) is 1.18. The lowest BCUT2D eigenvalue weighted by Gasteiger charge is -2.23. The standard InChI is InChI=1S/C24H27Cl2F3N4O3/c1-5-36-7-6-30-12-15-9-16-14(11-31-15)8-17(32-23(16)33(2)13-24(27,28)29)20-21(25)18(34-3)10-19(35-4)22(20)26/h8-11,30H,5-7,12-13H2,1-4H3. The first-order valence-electron chi connectivity index (χ1n) is 11.1. The molecule has 0 saturated carbocycles. The van der Waals surface area contributed by atoms with Gasteiger partial charge < -0.3 is 24.4 Å². The number of halogens is 5. The van der Waals surface area contributed by atoms with Crippen LogP contribution in [0, 0.1) is 0 Å². The fraction of sp³-hybridized carbons (Fsp3) is 0.417. The van der Waals surface area contributed by atoms with Crippen LogP contribution in [0.3, 0.4) is 0 Å². The lowest BCUT2D eigenvalue weighted by atomic mass is 10.1. The highest BCUT2D eigenvalue weighted by Crippen LogP contribution is 2.46. The molecule has 0 unspecified atom stereocenters. The summed E-state index contributed by atoms with van der Waals surface area (Å²) in [5.74, 6) is 0.671. The van der Waals surface area contributed by atoms with Crippen molar-refractivity contribution in [3.05, 3.63) is 40.1 Å². The van der Waals surface area contributed by atoms with E-state index in [0.717, 1.165) is 4.90 Å². The summed E-state index contributed by atoms with van der Waals surface area (Å²) >= 11 is 13.1. The predicted octanol–water partition coefficient (Wildman–Crippen LogP) is 5.75. The molecular formula is C24H27Cl2F3N4O3. The van der Waals surface area contributed by atoms with Crippen LogP contribution >= 0.6 is 23.2 Å². The molecule has 0 fully saturated rings. The molecule has 3 rings (SSSR count). The highest BCUT2D eigenvalue weighted by atomic mass is 35.5. The average Bonchev–Trinajstić information content (AvgIpc) is 2.82. The van der Waals surface area contributed by atoms with Gasteiger partial charge in [0, 0.05) is 55.3 Å². The Morgan fingerprint density at radius 1 is 1.06 bits per heavy atom. The predicted molar refractivity (Wildman–Crippen MR) is 136 cm³/mol. The fourth-order valence-electron chi connectivity index (χ4n) is 3.65. The molecule has 0 saturated heterocycles. The van der Waals surface area contributed by atoms with Crippen molar-refractivity contribution in [2.24, 2.45) is 0 Å². The number of hydrogen-bond donors (Lipinski definition) is 1. The molecule has 0 aliphatic carbocycles. The lowest BCUT2D eigenvalue weighted by Crippen LogP contribution is -2.31. The molecule has 12 heteroatoms. The molecule has 0 radical (unpaired) electrons. The molecule has 1 aromatic carbocycles. The monoisotopic (exact) mass is 546 g/mol. The topological polar surface area (TPSA) is 68.7 Å². The van der Waals surface area contributed by atoms with E-state index in [1.165, 1.54) is 27.3 Å². The third kappa shape index (κ3) is 6.61. The second-order valence-corrected chi connectivity index (χ2v) is 8.61. The van der Waals surface area contributed by atoms with Gasteiger partial charge in [0.15, 0.2) is 0 Å². The summed E-state index contributed by atoms with van der Waals surface area (Å²) in [6.45, 7) is 2.89. The minimum Gasteiger partial charge on any atom is -0.495 e. The van der Waals surface area contributed by atoms with Crippen LogP contribution in [0.5, 0.6) is 11.5 Å². The first kappa shape index (κ1) is 28.0. The second kappa shape index (κ2) is 12.1.